The Bertz CT molecular complexity index is 96.6. The Morgan fingerprint density at radius 1 is 1.83 bits per heavy atom. The van der Waals surface area contributed by atoms with Gasteiger partial charge in [0.2, 0.25) is 0 Å². The number of allylic oxidation sites excluding steroid dienone is 4. The third-order valence-corrected chi connectivity index (χ3v) is 1.06. The fraction of sp³-hybridized carbons (Fsp3) is 0.333. The lowest BCUT2D eigenvalue weighted by Crippen LogP contribution is -1.82. The highest BCUT2D eigenvalue weighted by molar-refractivity contribution is 5.29. The maximum atomic E-state index is 2.16. The van der Waals surface area contributed by atoms with Crippen molar-refractivity contribution in [3.8, 4) is 0 Å². The quantitative estimate of drug-likeness (QED) is 0.417. The molecule has 0 N–H and O–H groups in total. The van der Waals surface area contributed by atoms with E-state index in [0.717, 1.165) is 0 Å². The Morgan fingerprint density at radius 3 is 2.50 bits per heavy atom. The van der Waals surface area contributed by atoms with Crippen LogP contribution in [-0.2, 0) is 0 Å². The summed E-state index contributed by atoms with van der Waals surface area (Å²) < 4.78 is 0. The summed E-state index contributed by atoms with van der Waals surface area (Å²) in [5, 5.41) is 0. The number of rotatable bonds is 0. The molecule has 0 saturated carbocycles. The van der Waals surface area contributed by atoms with E-state index in [1.807, 2.05) is 0 Å². The molecule has 0 saturated heterocycles. The average Bonchev–Trinajstić information content (AvgIpc) is 1.31. The molecule has 0 aliphatic heterocycles. The maximum Gasteiger partial charge on any atom is -0.00976 e. The van der Waals surface area contributed by atoms with Crippen LogP contribution >= 0.6 is 0 Å². The second-order valence-electron chi connectivity index (χ2n) is 1.47. The summed E-state index contributed by atoms with van der Waals surface area (Å²) in [6.45, 7) is 2.07. The van der Waals surface area contributed by atoms with E-state index < -0.39 is 0 Å². The third kappa shape index (κ3) is 0.383. The van der Waals surface area contributed by atoms with E-state index in [2.05, 4.69) is 25.2 Å². The summed E-state index contributed by atoms with van der Waals surface area (Å²) in [5.74, 6) is 0. The molecule has 0 heterocycles. The molecular weight excluding hydrogens is 72.1 g/mol. The highest BCUT2D eigenvalue weighted by Gasteiger charge is 1.93. The maximum absolute atomic E-state index is 2.16. The van der Waals surface area contributed by atoms with Crippen molar-refractivity contribution in [2.45, 2.75) is 13.3 Å². The van der Waals surface area contributed by atoms with E-state index in [0.29, 0.717) is 0 Å². The number of hydrogen-bond donors (Lipinski definition) is 0. The van der Waals surface area contributed by atoms with Crippen molar-refractivity contribution < 1.29 is 0 Å². The van der Waals surface area contributed by atoms with Crippen LogP contribution in [0.3, 0.4) is 0 Å². The molecule has 32 valence electrons. The molecule has 0 amide bonds. The lowest BCUT2D eigenvalue weighted by atomic mass is 10.0. The molecule has 1 aliphatic rings. The summed E-state index contributed by atoms with van der Waals surface area (Å²) >= 11 is 0. The van der Waals surface area contributed by atoms with Gasteiger partial charge in [-0.15, -0.1) is 0 Å². The summed E-state index contributed by atoms with van der Waals surface area (Å²) in [7, 11) is 0. The predicted octanol–water partition coefficient (Wildman–Crippen LogP) is 1.89. The van der Waals surface area contributed by atoms with Crippen LogP contribution in [0.5, 0.6) is 0 Å². The van der Waals surface area contributed by atoms with E-state index in [4.69, 9.17) is 0 Å². The lowest BCUT2D eigenvalue weighted by Gasteiger charge is -2.02. The first-order valence-electron chi connectivity index (χ1n) is 2.25. The topological polar surface area (TPSA) is 0 Å². The summed E-state index contributed by atoms with van der Waals surface area (Å²) in [6.07, 6.45) is 7.63. The molecule has 0 heteroatoms. The van der Waals surface area contributed by atoms with Crippen molar-refractivity contribution in [1.82, 2.24) is 0 Å². The largest absolute Gasteiger partial charge is 0.0841 e. The van der Waals surface area contributed by atoms with Crippen molar-refractivity contribution >= 4 is 0 Å². The van der Waals surface area contributed by atoms with Crippen LogP contribution in [0.4, 0.5) is 0 Å². The fourth-order valence-electron chi connectivity index (χ4n) is 0.468. The van der Waals surface area contributed by atoms with Gasteiger partial charge in [0.1, 0.15) is 0 Å². The van der Waals surface area contributed by atoms with Crippen LogP contribution in [0.1, 0.15) is 13.3 Å². The lowest BCUT2D eigenvalue weighted by molar-refractivity contribution is 1.18. The molecule has 6 heavy (non-hydrogen) atoms. The van der Waals surface area contributed by atoms with Crippen molar-refractivity contribution in [2.24, 2.45) is 0 Å². The van der Waals surface area contributed by atoms with E-state index in [1.54, 1.807) is 0 Å². The van der Waals surface area contributed by atoms with Gasteiger partial charge in [-0.1, -0.05) is 18.2 Å². The third-order valence-electron chi connectivity index (χ3n) is 1.06. The highest BCUT2D eigenvalue weighted by Crippen LogP contribution is 2.13. The smallest absolute Gasteiger partial charge is 0.00976 e. The van der Waals surface area contributed by atoms with Gasteiger partial charge in [-0.3, -0.25) is 0 Å². The van der Waals surface area contributed by atoms with Gasteiger partial charge in [0.05, 0.1) is 0 Å². The molecule has 0 aromatic rings. The molecule has 1 aliphatic carbocycles. The van der Waals surface area contributed by atoms with Gasteiger partial charge in [0, 0.05) is 0 Å². The molecule has 0 unspecified atom stereocenters. The SMILES string of the molecule is C/C=C1\C=CC1. The zero-order chi connectivity index (χ0) is 4.41. The van der Waals surface area contributed by atoms with Crippen LogP contribution in [-0.4, -0.2) is 0 Å². The Balaban J connectivity index is 2.60. The normalized spacial score (nSPS) is 24.5. The second kappa shape index (κ2) is 1.29. The molecule has 0 aromatic carbocycles. The fourth-order valence-corrected chi connectivity index (χ4v) is 0.468. The van der Waals surface area contributed by atoms with Gasteiger partial charge in [-0.05, 0) is 18.9 Å². The molecule has 0 nitrogen and oxygen atoms in total. The van der Waals surface area contributed by atoms with Gasteiger partial charge in [-0.25, -0.2) is 0 Å². The first-order valence-corrected chi connectivity index (χ1v) is 2.25. The minimum Gasteiger partial charge on any atom is -0.0841 e. The number of hydrogen-bond acceptors (Lipinski definition) is 0. The Labute approximate surface area is 38.2 Å². The minimum absolute atomic E-state index is 1.19. The standard InChI is InChI=1S/C6H8/c1-2-6-4-3-5-6/h2-4H,5H2,1H3/b6-2+. The molecule has 0 fully saturated rings. The summed E-state index contributed by atoms with van der Waals surface area (Å²) in [6, 6.07) is 0. The first-order chi connectivity index (χ1) is 2.93. The van der Waals surface area contributed by atoms with Crippen molar-refractivity contribution in [3.63, 3.8) is 0 Å². The first kappa shape index (κ1) is 3.66. The van der Waals surface area contributed by atoms with E-state index in [-0.39, 0.29) is 0 Å². The van der Waals surface area contributed by atoms with E-state index >= 15 is 0 Å². The molecule has 0 atom stereocenters. The zero-order valence-corrected chi connectivity index (χ0v) is 3.94. The monoisotopic (exact) mass is 80.1 g/mol. The average molecular weight is 80.1 g/mol. The van der Waals surface area contributed by atoms with Crippen LogP contribution in [0.15, 0.2) is 23.8 Å². The van der Waals surface area contributed by atoms with Gasteiger partial charge in [-0.2, -0.15) is 0 Å². The molecule has 1 rings (SSSR count). The van der Waals surface area contributed by atoms with Crippen molar-refractivity contribution in [2.75, 3.05) is 0 Å². The van der Waals surface area contributed by atoms with Crippen molar-refractivity contribution in [1.29, 1.82) is 0 Å². The minimum atomic E-state index is 1.19. The van der Waals surface area contributed by atoms with Crippen LogP contribution in [0.2, 0.25) is 0 Å². The van der Waals surface area contributed by atoms with Gasteiger partial charge in [0.25, 0.3) is 0 Å². The van der Waals surface area contributed by atoms with Gasteiger partial charge < -0.3 is 0 Å². The second-order valence-corrected chi connectivity index (χ2v) is 1.47. The molecule has 0 radical (unpaired) electrons. The highest BCUT2D eigenvalue weighted by atomic mass is 14.0. The van der Waals surface area contributed by atoms with E-state index in [9.17, 15) is 0 Å². The predicted molar refractivity (Wildman–Crippen MR) is 27.5 cm³/mol. The van der Waals surface area contributed by atoms with Gasteiger partial charge >= 0.3 is 0 Å². The van der Waals surface area contributed by atoms with Crippen LogP contribution in [0.25, 0.3) is 0 Å². The Morgan fingerprint density at radius 2 is 2.50 bits per heavy atom. The van der Waals surface area contributed by atoms with Crippen LogP contribution < -0.4 is 0 Å². The zero-order valence-electron chi connectivity index (χ0n) is 3.94. The molecule has 0 bridgehead atoms. The van der Waals surface area contributed by atoms with Crippen LogP contribution in [0, 0.1) is 0 Å². The Hall–Kier alpha value is -0.520. The van der Waals surface area contributed by atoms with Crippen molar-refractivity contribution in [3.05, 3.63) is 23.8 Å². The summed E-state index contributed by atoms with van der Waals surface area (Å²) in [5.41, 5.74) is 1.47. The molecule has 0 aromatic heterocycles. The summed E-state index contributed by atoms with van der Waals surface area (Å²) in [4.78, 5) is 0. The molecule has 0 spiro atoms. The van der Waals surface area contributed by atoms with Gasteiger partial charge in [0.15, 0.2) is 0 Å². The molecular formula is C6H8. The van der Waals surface area contributed by atoms with E-state index in [1.165, 1.54) is 12.0 Å². The Kier molecular flexibility index (Phi) is 0.789.